The first-order valence-corrected chi connectivity index (χ1v) is 8.44. The standard InChI is InChI=1S/C17H17ClFN3O2/c18-12-5-11(6-13(19)7-12)10-24-15-8-16-21-4-2-1-3-14(21)9-22(16)17(23)20-15/h5-8,14H,1-4,9-10H2. The van der Waals surface area contributed by atoms with Crippen molar-refractivity contribution in [2.45, 2.75) is 38.5 Å². The van der Waals surface area contributed by atoms with Gasteiger partial charge in [0.15, 0.2) is 0 Å². The van der Waals surface area contributed by atoms with E-state index in [2.05, 4.69) is 9.88 Å². The van der Waals surface area contributed by atoms with Crippen LogP contribution in [-0.2, 0) is 13.2 Å². The number of halogens is 2. The summed E-state index contributed by atoms with van der Waals surface area (Å²) in [5.74, 6) is 0.712. The van der Waals surface area contributed by atoms with Crippen LogP contribution in [0.5, 0.6) is 5.88 Å². The molecule has 0 saturated carbocycles. The molecule has 1 fully saturated rings. The molecule has 4 rings (SSSR count). The van der Waals surface area contributed by atoms with Gasteiger partial charge in [0.25, 0.3) is 0 Å². The number of rotatable bonds is 3. The number of ether oxygens (including phenoxy) is 1. The third-order valence-corrected chi connectivity index (χ3v) is 4.81. The second-order valence-corrected chi connectivity index (χ2v) is 6.69. The molecule has 7 heteroatoms. The second kappa shape index (κ2) is 6.09. The summed E-state index contributed by atoms with van der Waals surface area (Å²) in [6, 6.07) is 6.40. The fraction of sp³-hybridized carbons (Fsp3) is 0.412. The summed E-state index contributed by atoms with van der Waals surface area (Å²) in [4.78, 5) is 18.5. The lowest BCUT2D eigenvalue weighted by atomic mass is 10.0. The molecule has 5 nitrogen and oxygen atoms in total. The average Bonchev–Trinajstić information content (AvgIpc) is 2.92. The van der Waals surface area contributed by atoms with Crippen LogP contribution in [0.15, 0.2) is 29.1 Å². The molecule has 1 saturated heterocycles. The van der Waals surface area contributed by atoms with Gasteiger partial charge in [-0.15, -0.1) is 0 Å². The van der Waals surface area contributed by atoms with Crippen LogP contribution in [0.2, 0.25) is 5.02 Å². The molecule has 3 heterocycles. The van der Waals surface area contributed by atoms with Gasteiger partial charge in [-0.3, -0.25) is 4.57 Å². The molecule has 0 N–H and O–H groups in total. The highest BCUT2D eigenvalue weighted by atomic mass is 35.5. The Bertz CT molecular complexity index is 819. The zero-order valence-electron chi connectivity index (χ0n) is 13.0. The number of anilines is 1. The molecule has 24 heavy (non-hydrogen) atoms. The van der Waals surface area contributed by atoms with Gasteiger partial charge < -0.3 is 9.64 Å². The first-order chi connectivity index (χ1) is 11.6. The van der Waals surface area contributed by atoms with E-state index in [9.17, 15) is 9.18 Å². The maximum absolute atomic E-state index is 13.4. The third-order valence-electron chi connectivity index (χ3n) is 4.59. The molecule has 0 bridgehead atoms. The van der Waals surface area contributed by atoms with E-state index in [1.165, 1.54) is 18.6 Å². The zero-order valence-corrected chi connectivity index (χ0v) is 13.8. The first-order valence-electron chi connectivity index (χ1n) is 8.06. The van der Waals surface area contributed by atoms with Gasteiger partial charge in [0, 0.05) is 30.2 Å². The zero-order chi connectivity index (χ0) is 16.7. The minimum atomic E-state index is -0.417. The van der Waals surface area contributed by atoms with Crippen LogP contribution in [0.25, 0.3) is 0 Å². The highest BCUT2D eigenvalue weighted by Crippen LogP contribution is 2.32. The minimum absolute atomic E-state index is 0.108. The Morgan fingerprint density at radius 2 is 2.17 bits per heavy atom. The minimum Gasteiger partial charge on any atom is -0.473 e. The maximum Gasteiger partial charge on any atom is 0.352 e. The van der Waals surface area contributed by atoms with Crippen molar-refractivity contribution in [3.05, 3.63) is 51.2 Å². The number of hydrogen-bond donors (Lipinski definition) is 0. The molecule has 0 radical (unpaired) electrons. The van der Waals surface area contributed by atoms with Gasteiger partial charge in [-0.2, -0.15) is 4.98 Å². The molecule has 2 aliphatic heterocycles. The van der Waals surface area contributed by atoms with Crippen LogP contribution < -0.4 is 15.3 Å². The summed E-state index contributed by atoms with van der Waals surface area (Å²) in [7, 11) is 0. The Kier molecular flexibility index (Phi) is 3.92. The Balaban J connectivity index is 1.57. The van der Waals surface area contributed by atoms with Gasteiger partial charge in [0.05, 0.1) is 0 Å². The molecule has 0 amide bonds. The topological polar surface area (TPSA) is 47.4 Å². The summed E-state index contributed by atoms with van der Waals surface area (Å²) >= 11 is 5.84. The molecule has 126 valence electrons. The number of piperidine rings is 1. The lowest BCUT2D eigenvalue weighted by Gasteiger charge is -2.30. The van der Waals surface area contributed by atoms with Crippen molar-refractivity contribution in [3.8, 4) is 5.88 Å². The molecule has 1 aromatic heterocycles. The van der Waals surface area contributed by atoms with Crippen LogP contribution >= 0.6 is 11.6 Å². The van der Waals surface area contributed by atoms with Crippen LogP contribution in [0, 0.1) is 5.82 Å². The smallest absolute Gasteiger partial charge is 0.352 e. The summed E-state index contributed by atoms with van der Waals surface area (Å²) < 4.78 is 20.7. The highest BCUT2D eigenvalue weighted by Gasteiger charge is 2.32. The van der Waals surface area contributed by atoms with Crippen molar-refractivity contribution < 1.29 is 9.13 Å². The molecule has 2 aromatic rings. The van der Waals surface area contributed by atoms with Gasteiger partial charge in [0.2, 0.25) is 5.88 Å². The van der Waals surface area contributed by atoms with Gasteiger partial charge in [-0.25, -0.2) is 9.18 Å². The molecule has 1 atom stereocenters. The van der Waals surface area contributed by atoms with E-state index in [4.69, 9.17) is 16.3 Å². The van der Waals surface area contributed by atoms with Crippen LogP contribution in [-0.4, -0.2) is 22.1 Å². The van der Waals surface area contributed by atoms with Crippen molar-refractivity contribution in [2.75, 3.05) is 11.4 Å². The SMILES string of the molecule is O=c1nc(OCc2cc(F)cc(Cl)c2)cc2n1CC1CCCCN21. The lowest BCUT2D eigenvalue weighted by molar-refractivity contribution is 0.291. The summed E-state index contributed by atoms with van der Waals surface area (Å²) in [6.45, 7) is 1.75. The van der Waals surface area contributed by atoms with E-state index in [0.717, 1.165) is 25.2 Å². The Morgan fingerprint density at radius 1 is 1.29 bits per heavy atom. The number of fused-ring (bicyclic) bond motifs is 3. The lowest BCUT2D eigenvalue weighted by Crippen LogP contribution is -2.36. The molecule has 0 spiro atoms. The van der Waals surface area contributed by atoms with Crippen molar-refractivity contribution in [1.82, 2.24) is 9.55 Å². The molecular weight excluding hydrogens is 333 g/mol. The normalized spacial score (nSPS) is 19.1. The predicted molar refractivity (Wildman–Crippen MR) is 89.2 cm³/mol. The molecule has 1 aromatic carbocycles. The van der Waals surface area contributed by atoms with E-state index in [1.807, 2.05) is 0 Å². The van der Waals surface area contributed by atoms with E-state index in [1.54, 1.807) is 16.7 Å². The molecule has 0 aliphatic carbocycles. The molecule has 2 aliphatic rings. The van der Waals surface area contributed by atoms with E-state index in [0.29, 0.717) is 23.2 Å². The van der Waals surface area contributed by atoms with Crippen molar-refractivity contribution >= 4 is 17.4 Å². The van der Waals surface area contributed by atoms with E-state index >= 15 is 0 Å². The molecular formula is C17H17ClFN3O2. The fourth-order valence-electron chi connectivity index (χ4n) is 3.51. The van der Waals surface area contributed by atoms with Crippen molar-refractivity contribution in [3.63, 3.8) is 0 Å². The molecule has 1 unspecified atom stereocenters. The average molecular weight is 350 g/mol. The third kappa shape index (κ3) is 2.86. The number of benzene rings is 1. The summed E-state index contributed by atoms with van der Waals surface area (Å²) in [5.41, 5.74) is 0.299. The van der Waals surface area contributed by atoms with Crippen LogP contribution in [0.4, 0.5) is 10.2 Å². The fourth-order valence-corrected chi connectivity index (χ4v) is 3.76. The highest BCUT2D eigenvalue weighted by molar-refractivity contribution is 6.30. The number of nitrogens with zero attached hydrogens (tertiary/aromatic N) is 3. The Morgan fingerprint density at radius 3 is 3.00 bits per heavy atom. The maximum atomic E-state index is 13.4. The van der Waals surface area contributed by atoms with Gasteiger partial charge in [-0.05, 0) is 43.0 Å². The van der Waals surface area contributed by atoms with Crippen LogP contribution in [0.3, 0.4) is 0 Å². The largest absolute Gasteiger partial charge is 0.473 e. The monoisotopic (exact) mass is 349 g/mol. The second-order valence-electron chi connectivity index (χ2n) is 6.26. The Hall–Kier alpha value is -2.08. The van der Waals surface area contributed by atoms with E-state index in [-0.39, 0.29) is 18.2 Å². The first kappa shape index (κ1) is 15.4. The van der Waals surface area contributed by atoms with Gasteiger partial charge in [-0.1, -0.05) is 11.6 Å². The van der Waals surface area contributed by atoms with Gasteiger partial charge in [0.1, 0.15) is 18.2 Å². The quantitative estimate of drug-likeness (QED) is 0.854. The van der Waals surface area contributed by atoms with Crippen LogP contribution in [0.1, 0.15) is 24.8 Å². The summed E-state index contributed by atoms with van der Waals surface area (Å²) in [5, 5.41) is 0.312. The number of aromatic nitrogens is 2. The van der Waals surface area contributed by atoms with Crippen molar-refractivity contribution in [1.29, 1.82) is 0 Å². The van der Waals surface area contributed by atoms with E-state index < -0.39 is 5.82 Å². The number of hydrogen-bond acceptors (Lipinski definition) is 4. The van der Waals surface area contributed by atoms with Gasteiger partial charge >= 0.3 is 5.69 Å². The Labute approximate surface area is 143 Å². The predicted octanol–water partition coefficient (Wildman–Crippen LogP) is 2.99. The summed E-state index contributed by atoms with van der Waals surface area (Å²) in [6.07, 6.45) is 3.42. The van der Waals surface area contributed by atoms with Crippen molar-refractivity contribution in [2.24, 2.45) is 0 Å².